The zero-order valence-corrected chi connectivity index (χ0v) is 15.8. The maximum atomic E-state index is 12.5. The number of carbonyl (C=O) groups is 1. The molecule has 0 aromatic heterocycles. The molecule has 0 atom stereocenters. The van der Waals surface area contributed by atoms with Crippen LogP contribution in [0.1, 0.15) is 5.56 Å². The fourth-order valence-corrected chi connectivity index (χ4v) is 2.79. The van der Waals surface area contributed by atoms with E-state index in [9.17, 15) is 4.79 Å². The van der Waals surface area contributed by atoms with Crippen molar-refractivity contribution in [1.82, 2.24) is 0 Å². The molecular formula is C21H17BrN2O2. The first-order valence-corrected chi connectivity index (χ1v) is 8.86. The SMILES string of the molecule is COC1=C/C(=C\N=Nc2ccc(Br)cc2)C=C(Cc2ccccc2)C1=O. The molecule has 0 saturated heterocycles. The van der Waals surface area contributed by atoms with Crippen molar-refractivity contribution in [2.24, 2.45) is 10.2 Å². The van der Waals surface area contributed by atoms with Crippen LogP contribution in [0, 0.1) is 0 Å². The van der Waals surface area contributed by atoms with Crippen LogP contribution in [0.2, 0.25) is 0 Å². The predicted molar refractivity (Wildman–Crippen MR) is 105 cm³/mol. The molecular weight excluding hydrogens is 392 g/mol. The summed E-state index contributed by atoms with van der Waals surface area (Å²) in [5.74, 6) is 0.210. The molecule has 26 heavy (non-hydrogen) atoms. The summed E-state index contributed by atoms with van der Waals surface area (Å²) in [7, 11) is 1.50. The smallest absolute Gasteiger partial charge is 0.223 e. The van der Waals surface area contributed by atoms with E-state index in [1.807, 2.05) is 60.7 Å². The second-order valence-corrected chi connectivity index (χ2v) is 6.61. The molecule has 130 valence electrons. The number of nitrogens with zero attached hydrogens (tertiary/aromatic N) is 2. The molecule has 0 N–H and O–H groups in total. The normalized spacial score (nSPS) is 15.9. The van der Waals surface area contributed by atoms with Crippen LogP contribution in [0.25, 0.3) is 0 Å². The number of hydrogen-bond donors (Lipinski definition) is 0. The molecule has 0 saturated carbocycles. The summed E-state index contributed by atoms with van der Waals surface area (Å²) >= 11 is 3.38. The van der Waals surface area contributed by atoms with Gasteiger partial charge in [0.25, 0.3) is 0 Å². The average molecular weight is 409 g/mol. The van der Waals surface area contributed by atoms with Crippen LogP contribution >= 0.6 is 15.9 Å². The van der Waals surface area contributed by atoms with Crippen molar-refractivity contribution < 1.29 is 9.53 Å². The van der Waals surface area contributed by atoms with Gasteiger partial charge in [0.1, 0.15) is 0 Å². The molecule has 1 aliphatic carbocycles. The molecule has 2 aromatic carbocycles. The summed E-state index contributed by atoms with van der Waals surface area (Å²) < 4.78 is 6.22. The van der Waals surface area contributed by atoms with E-state index < -0.39 is 0 Å². The summed E-state index contributed by atoms with van der Waals surface area (Å²) in [5, 5.41) is 8.29. The summed E-state index contributed by atoms with van der Waals surface area (Å²) in [6, 6.07) is 17.4. The minimum absolute atomic E-state index is 0.0987. The van der Waals surface area contributed by atoms with Crippen molar-refractivity contribution in [2.45, 2.75) is 6.42 Å². The van der Waals surface area contributed by atoms with Crippen LogP contribution < -0.4 is 0 Å². The zero-order valence-electron chi connectivity index (χ0n) is 14.2. The molecule has 0 aliphatic heterocycles. The Labute approximate surface area is 160 Å². The van der Waals surface area contributed by atoms with E-state index >= 15 is 0 Å². The van der Waals surface area contributed by atoms with Crippen LogP contribution in [-0.2, 0) is 16.0 Å². The number of halogens is 1. The standard InChI is InChI=1S/C21H17BrN2O2/c1-26-20-13-16(14-23-24-19-9-7-18(22)8-10-19)12-17(21(20)25)11-15-5-3-2-4-6-15/h2-10,12-14H,11H2,1H3/b16-14-,24-23?. The summed E-state index contributed by atoms with van der Waals surface area (Å²) in [4.78, 5) is 12.5. The van der Waals surface area contributed by atoms with E-state index in [1.54, 1.807) is 12.3 Å². The molecule has 0 spiro atoms. The third kappa shape index (κ3) is 4.64. The van der Waals surface area contributed by atoms with Crippen LogP contribution in [0.3, 0.4) is 0 Å². The maximum Gasteiger partial charge on any atom is 0.223 e. The molecule has 0 heterocycles. The van der Waals surface area contributed by atoms with Crippen molar-refractivity contribution in [2.75, 3.05) is 7.11 Å². The first-order valence-electron chi connectivity index (χ1n) is 8.07. The lowest BCUT2D eigenvalue weighted by atomic mass is 9.94. The van der Waals surface area contributed by atoms with Gasteiger partial charge in [-0.2, -0.15) is 10.2 Å². The first-order chi connectivity index (χ1) is 12.7. The lowest BCUT2D eigenvalue weighted by Gasteiger charge is -2.14. The van der Waals surface area contributed by atoms with Gasteiger partial charge in [0.15, 0.2) is 5.76 Å². The highest BCUT2D eigenvalue weighted by atomic mass is 79.9. The van der Waals surface area contributed by atoms with Gasteiger partial charge in [-0.25, -0.2) is 0 Å². The molecule has 0 amide bonds. The predicted octanol–water partition coefficient (Wildman–Crippen LogP) is 5.70. The third-order valence-corrected chi connectivity index (χ3v) is 4.35. The molecule has 4 nitrogen and oxygen atoms in total. The van der Waals surface area contributed by atoms with E-state index in [0.29, 0.717) is 17.8 Å². The fraction of sp³-hybridized carbons (Fsp3) is 0.0952. The number of rotatable bonds is 5. The van der Waals surface area contributed by atoms with Crippen molar-refractivity contribution in [3.05, 3.63) is 99.9 Å². The number of hydrogen-bond acceptors (Lipinski definition) is 4. The van der Waals surface area contributed by atoms with E-state index in [4.69, 9.17) is 4.74 Å². The van der Waals surface area contributed by atoms with Gasteiger partial charge in [0.05, 0.1) is 19.0 Å². The van der Waals surface area contributed by atoms with Gasteiger partial charge < -0.3 is 4.74 Å². The summed E-state index contributed by atoms with van der Waals surface area (Å²) in [6.07, 6.45) is 5.68. The third-order valence-electron chi connectivity index (χ3n) is 3.82. The Hall–Kier alpha value is -2.79. The lowest BCUT2D eigenvalue weighted by Crippen LogP contribution is -2.14. The van der Waals surface area contributed by atoms with Gasteiger partial charge in [0, 0.05) is 16.5 Å². The van der Waals surface area contributed by atoms with Gasteiger partial charge in [0.2, 0.25) is 5.78 Å². The number of Topliss-reactive ketones (excluding diaryl/α,β-unsaturated/α-hetero) is 1. The van der Waals surface area contributed by atoms with E-state index in [1.165, 1.54) is 7.11 Å². The Bertz CT molecular complexity index is 911. The Morgan fingerprint density at radius 3 is 2.46 bits per heavy atom. The van der Waals surface area contributed by atoms with Crippen LogP contribution in [0.4, 0.5) is 5.69 Å². The summed E-state index contributed by atoms with van der Waals surface area (Å²) in [6.45, 7) is 0. The molecule has 2 aromatic rings. The number of carbonyl (C=O) groups excluding carboxylic acids is 1. The van der Waals surface area contributed by atoms with Crippen LogP contribution in [0.5, 0.6) is 0 Å². The highest BCUT2D eigenvalue weighted by molar-refractivity contribution is 9.10. The van der Waals surface area contributed by atoms with Crippen LogP contribution in [-0.4, -0.2) is 12.9 Å². The second-order valence-electron chi connectivity index (χ2n) is 5.69. The molecule has 3 rings (SSSR count). The van der Waals surface area contributed by atoms with Gasteiger partial charge >= 0.3 is 0 Å². The van der Waals surface area contributed by atoms with Crippen LogP contribution in [0.15, 0.2) is 105 Å². The molecule has 0 bridgehead atoms. The van der Waals surface area contributed by atoms with Crippen molar-refractivity contribution in [3.8, 4) is 0 Å². The number of benzene rings is 2. The Morgan fingerprint density at radius 1 is 1.04 bits per heavy atom. The highest BCUT2D eigenvalue weighted by Gasteiger charge is 2.21. The van der Waals surface area contributed by atoms with Gasteiger partial charge in [-0.15, -0.1) is 0 Å². The Morgan fingerprint density at radius 2 is 1.77 bits per heavy atom. The topological polar surface area (TPSA) is 51.0 Å². The van der Waals surface area contributed by atoms with Gasteiger partial charge in [-0.3, -0.25) is 4.79 Å². The first kappa shape index (κ1) is 18.0. The quantitative estimate of drug-likeness (QED) is 0.595. The molecule has 5 heteroatoms. The molecule has 0 unspecified atom stereocenters. The van der Waals surface area contributed by atoms with Gasteiger partial charge in [-0.05, 0) is 47.6 Å². The Balaban J connectivity index is 1.83. The van der Waals surface area contributed by atoms with E-state index in [2.05, 4.69) is 26.2 Å². The number of allylic oxidation sites excluding steroid dienone is 4. The highest BCUT2D eigenvalue weighted by Crippen LogP contribution is 2.23. The number of ketones is 1. The van der Waals surface area contributed by atoms with Crippen molar-refractivity contribution in [3.63, 3.8) is 0 Å². The van der Waals surface area contributed by atoms with Gasteiger partial charge in [-0.1, -0.05) is 46.3 Å². The van der Waals surface area contributed by atoms with Crippen molar-refractivity contribution >= 4 is 27.4 Å². The maximum absolute atomic E-state index is 12.5. The number of azo groups is 1. The lowest BCUT2D eigenvalue weighted by molar-refractivity contribution is -0.115. The molecule has 0 radical (unpaired) electrons. The average Bonchev–Trinajstić information content (AvgIpc) is 2.66. The zero-order chi connectivity index (χ0) is 18.4. The number of ether oxygens (including phenoxy) is 1. The van der Waals surface area contributed by atoms with E-state index in [0.717, 1.165) is 21.3 Å². The summed E-state index contributed by atoms with van der Waals surface area (Å²) in [5.41, 5.74) is 3.26. The van der Waals surface area contributed by atoms with Crippen molar-refractivity contribution in [1.29, 1.82) is 0 Å². The Kier molecular flexibility index (Phi) is 5.92. The van der Waals surface area contributed by atoms with E-state index in [-0.39, 0.29) is 5.78 Å². The second kappa shape index (κ2) is 8.54. The minimum Gasteiger partial charge on any atom is -0.493 e. The molecule has 0 fully saturated rings. The largest absolute Gasteiger partial charge is 0.493 e. The fourth-order valence-electron chi connectivity index (χ4n) is 2.53. The number of methoxy groups -OCH3 is 1. The minimum atomic E-state index is -0.0987. The molecule has 1 aliphatic rings. The monoisotopic (exact) mass is 408 g/mol.